The summed E-state index contributed by atoms with van der Waals surface area (Å²) in [5, 5.41) is 21.6. The number of aromatic amines is 2. The van der Waals surface area contributed by atoms with E-state index in [1.807, 2.05) is 48.5 Å². The molecule has 0 spiro atoms. The summed E-state index contributed by atoms with van der Waals surface area (Å²) in [6.07, 6.45) is 5.23. The van der Waals surface area contributed by atoms with E-state index in [0.29, 0.717) is 12.8 Å². The van der Waals surface area contributed by atoms with E-state index >= 15 is 0 Å². The summed E-state index contributed by atoms with van der Waals surface area (Å²) >= 11 is 3.15. The number of carbonyl (C=O) groups excluding carboxylic acids is 2. The van der Waals surface area contributed by atoms with Crippen molar-refractivity contribution in [3.8, 4) is 0 Å². The molecule has 0 unspecified atom stereocenters. The van der Waals surface area contributed by atoms with Crippen LogP contribution in [0.25, 0.3) is 20.4 Å². The predicted molar refractivity (Wildman–Crippen MR) is 136 cm³/mol. The Morgan fingerprint density at radius 3 is 1.34 bits per heavy atom. The van der Waals surface area contributed by atoms with Crippen molar-refractivity contribution in [3.05, 3.63) is 48.5 Å². The number of aromatic nitrogens is 2. The first-order valence-electron chi connectivity index (χ1n) is 11.1. The Hall–Kier alpha value is -3.28. The molecule has 9 nitrogen and oxygen atoms in total. The van der Waals surface area contributed by atoms with Gasteiger partial charge in [-0.2, -0.15) is 0 Å². The number of carbonyl (C=O) groups is 2. The van der Waals surface area contributed by atoms with Crippen LogP contribution in [0, 0.1) is 0 Å². The van der Waals surface area contributed by atoms with E-state index in [4.69, 9.17) is 11.5 Å². The van der Waals surface area contributed by atoms with Crippen LogP contribution in [0.3, 0.4) is 0 Å². The number of rotatable bonds is 9. The molecule has 0 saturated carbocycles. The molecule has 2 heterocycles. The van der Waals surface area contributed by atoms with Crippen LogP contribution < -0.4 is 31.6 Å². The van der Waals surface area contributed by atoms with Crippen LogP contribution >= 0.6 is 22.7 Å². The molecule has 0 aliphatic heterocycles. The van der Waals surface area contributed by atoms with Gasteiger partial charge in [0.2, 0.25) is 0 Å². The van der Waals surface area contributed by atoms with Gasteiger partial charge in [-0.15, -0.1) is 0 Å². The van der Waals surface area contributed by atoms with E-state index in [1.54, 1.807) is 22.7 Å². The zero-order valence-corrected chi connectivity index (χ0v) is 21.0. The van der Waals surface area contributed by atoms with E-state index in [9.17, 15) is 19.8 Å². The van der Waals surface area contributed by atoms with Crippen LogP contribution in [0.2, 0.25) is 0 Å². The van der Waals surface area contributed by atoms with E-state index < -0.39 is 11.9 Å². The quantitative estimate of drug-likeness (QED) is 0.313. The number of hydrogen-bond donors (Lipinski definition) is 2. The Balaban J connectivity index is 0.000000262. The minimum Gasteiger partial charge on any atom is -0.550 e. The van der Waals surface area contributed by atoms with Crippen molar-refractivity contribution in [2.24, 2.45) is 0 Å². The second-order valence-electron chi connectivity index (χ2n) is 7.54. The van der Waals surface area contributed by atoms with Crippen LogP contribution in [0.15, 0.2) is 48.5 Å². The number of aliphatic carboxylic acids is 2. The molecule has 0 atom stereocenters. The molecule has 11 heteroatoms. The van der Waals surface area contributed by atoms with E-state index in [1.165, 1.54) is 9.40 Å². The van der Waals surface area contributed by atoms with Gasteiger partial charge in [-0.1, -0.05) is 49.9 Å². The minimum absolute atomic E-state index is 0. The van der Waals surface area contributed by atoms with Crippen molar-refractivity contribution < 1.29 is 35.2 Å². The third-order valence-electron chi connectivity index (χ3n) is 4.74. The maximum Gasteiger partial charge on any atom is 0.330 e. The van der Waals surface area contributed by atoms with Gasteiger partial charge in [0.05, 0.1) is 9.40 Å². The number of fused-ring (bicyclic) bond motifs is 2. The fraction of sp³-hybridized carbons (Fsp3) is 0.333. The molecule has 0 bridgehead atoms. The Morgan fingerprint density at radius 2 is 1.00 bits per heavy atom. The van der Waals surface area contributed by atoms with Gasteiger partial charge in [0.1, 0.15) is 11.0 Å². The summed E-state index contributed by atoms with van der Waals surface area (Å²) in [6, 6.07) is 16.1. The molecule has 0 aliphatic carbocycles. The SMILES string of the molecule is Nc1[nH+]c2ccccc2s1.Nc1[nH+]c2ccccc2s1.O.O=C([O-])CCCCCCCCC(=O)[O-]. The number of nitrogen functional groups attached to an aromatic ring is 2. The first-order chi connectivity index (χ1) is 16.3. The summed E-state index contributed by atoms with van der Waals surface area (Å²) in [5.41, 5.74) is 13.3. The van der Waals surface area contributed by atoms with Crippen molar-refractivity contribution in [2.45, 2.75) is 51.4 Å². The van der Waals surface area contributed by atoms with Gasteiger partial charge in [0.15, 0.2) is 0 Å². The lowest BCUT2D eigenvalue weighted by molar-refractivity contribution is -0.321. The van der Waals surface area contributed by atoms with E-state index in [-0.39, 0.29) is 18.3 Å². The van der Waals surface area contributed by atoms with Crippen LogP contribution in [0.1, 0.15) is 51.4 Å². The summed E-state index contributed by atoms with van der Waals surface area (Å²) in [6.45, 7) is 0. The zero-order valence-electron chi connectivity index (χ0n) is 19.4. The number of carboxylic acid groups (broad SMARTS) is 2. The van der Waals surface area contributed by atoms with Crippen molar-refractivity contribution in [1.82, 2.24) is 0 Å². The molecule has 4 rings (SSSR count). The molecule has 0 amide bonds. The van der Waals surface area contributed by atoms with Crippen molar-refractivity contribution in [1.29, 1.82) is 0 Å². The maximum absolute atomic E-state index is 10.0. The average Bonchev–Trinajstić information content (AvgIpc) is 3.36. The number of H-pyrrole nitrogens is 2. The first-order valence-corrected chi connectivity index (χ1v) is 12.7. The van der Waals surface area contributed by atoms with Crippen LogP contribution in [-0.4, -0.2) is 17.4 Å². The number of thiazole rings is 2. The van der Waals surface area contributed by atoms with Crippen molar-refractivity contribution in [3.63, 3.8) is 0 Å². The maximum atomic E-state index is 10.0. The topological polar surface area (TPSA) is 192 Å². The Bertz CT molecular complexity index is 1020. The molecule has 2 aromatic heterocycles. The molecule has 0 fully saturated rings. The second-order valence-corrected chi connectivity index (χ2v) is 9.71. The molecule has 8 N–H and O–H groups in total. The van der Waals surface area contributed by atoms with E-state index in [0.717, 1.165) is 47.0 Å². The molecule has 0 aliphatic rings. The van der Waals surface area contributed by atoms with Crippen molar-refractivity contribution >= 4 is 65.3 Å². The number of nitrogens with one attached hydrogen (secondary N) is 2. The van der Waals surface area contributed by atoms with Gasteiger partial charge in [0, 0.05) is 11.9 Å². The minimum atomic E-state index is -0.998. The highest BCUT2D eigenvalue weighted by Gasteiger charge is 2.02. The number of hydrogen-bond acceptors (Lipinski definition) is 8. The lowest BCUT2D eigenvalue weighted by atomic mass is 10.1. The predicted octanol–water partition coefficient (Wildman–Crippen LogP) is 1.38. The highest BCUT2D eigenvalue weighted by molar-refractivity contribution is 7.21. The van der Waals surface area contributed by atoms with Gasteiger partial charge in [-0.25, -0.2) is 9.97 Å². The summed E-state index contributed by atoms with van der Waals surface area (Å²) in [5.74, 6) is -2.00. The van der Waals surface area contributed by atoms with Crippen LogP contribution in [0.5, 0.6) is 0 Å². The third kappa shape index (κ3) is 12.1. The summed E-state index contributed by atoms with van der Waals surface area (Å²) < 4.78 is 2.42. The number of benzene rings is 2. The normalized spacial score (nSPS) is 9.94. The van der Waals surface area contributed by atoms with Crippen molar-refractivity contribution in [2.75, 3.05) is 11.5 Å². The third-order valence-corrected chi connectivity index (χ3v) is 6.54. The molecule has 35 heavy (non-hydrogen) atoms. The Kier molecular flexibility index (Phi) is 13.9. The van der Waals surface area contributed by atoms with Crippen LogP contribution in [-0.2, 0) is 9.59 Å². The largest absolute Gasteiger partial charge is 0.550 e. The highest BCUT2D eigenvalue weighted by atomic mass is 32.1. The van der Waals surface area contributed by atoms with Gasteiger partial charge in [0.25, 0.3) is 0 Å². The Morgan fingerprint density at radius 1 is 0.657 bits per heavy atom. The molecular weight excluding hydrogens is 488 g/mol. The number of para-hydroxylation sites is 2. The highest BCUT2D eigenvalue weighted by Crippen LogP contribution is 2.19. The monoisotopic (exact) mass is 520 g/mol. The smallest absolute Gasteiger partial charge is 0.330 e. The van der Waals surface area contributed by atoms with E-state index in [2.05, 4.69) is 9.97 Å². The molecule has 2 aromatic carbocycles. The number of nitrogens with two attached hydrogens (primary N) is 2. The standard InChI is InChI=1S/C10H18O4.2C7H6N2S.H2O/c11-9(12)7-5-3-1-2-4-6-8-10(13)14;2*8-7-9-5-3-1-2-4-6(5)10-7;/h1-8H2,(H,11,12)(H,13,14);2*1-4H,(H2,8,9);1H2. The first kappa shape index (κ1) is 29.8. The average molecular weight is 521 g/mol. The summed E-state index contributed by atoms with van der Waals surface area (Å²) in [4.78, 5) is 26.2. The van der Waals surface area contributed by atoms with Gasteiger partial charge < -0.3 is 25.3 Å². The van der Waals surface area contributed by atoms with Gasteiger partial charge in [-0.3, -0.25) is 11.5 Å². The fourth-order valence-corrected chi connectivity index (χ4v) is 4.66. The second kappa shape index (κ2) is 16.4. The molecule has 4 aromatic rings. The number of unbranched alkanes of at least 4 members (excludes halogenated alkanes) is 5. The molecule has 0 saturated heterocycles. The number of carboxylic acids is 2. The Labute approximate surface area is 211 Å². The van der Waals surface area contributed by atoms with Gasteiger partial charge in [-0.05, 0) is 72.6 Å². The summed E-state index contributed by atoms with van der Waals surface area (Å²) in [7, 11) is 0. The fourth-order valence-electron chi connectivity index (χ4n) is 3.12. The lowest BCUT2D eigenvalue weighted by Gasteiger charge is -2.03. The lowest BCUT2D eigenvalue weighted by Crippen LogP contribution is -2.21. The zero-order chi connectivity index (χ0) is 24.8. The molecule has 190 valence electrons. The molecular formula is C24H32N4O5S2. The number of anilines is 2. The van der Waals surface area contributed by atoms with Gasteiger partial charge >= 0.3 is 10.3 Å². The molecule has 0 radical (unpaired) electrons. The van der Waals surface area contributed by atoms with Crippen LogP contribution in [0.4, 0.5) is 10.3 Å².